The lowest BCUT2D eigenvalue weighted by Gasteiger charge is -2.33. The number of piperidine rings is 1. The molecule has 0 saturated carbocycles. The van der Waals surface area contributed by atoms with Crippen LogP contribution >= 0.6 is 0 Å². The monoisotopic (exact) mass is 394 g/mol. The molecule has 1 atom stereocenters. The van der Waals surface area contributed by atoms with Gasteiger partial charge in [-0.1, -0.05) is 0 Å². The van der Waals surface area contributed by atoms with E-state index in [1.54, 1.807) is 36.1 Å². The average Bonchev–Trinajstić information content (AvgIpc) is 3.07. The lowest BCUT2D eigenvalue weighted by atomic mass is 9.88. The van der Waals surface area contributed by atoms with Gasteiger partial charge in [0.1, 0.15) is 23.5 Å². The minimum absolute atomic E-state index is 0.152. The second-order valence-corrected chi connectivity index (χ2v) is 6.88. The maximum Gasteiger partial charge on any atom is 0.244 e. The fourth-order valence-corrected chi connectivity index (χ4v) is 3.55. The Hall–Kier alpha value is -2.68. The quantitative estimate of drug-likeness (QED) is 0.790. The molecular formula is C19H21F3N4O2. The van der Waals surface area contributed by atoms with Gasteiger partial charge in [-0.2, -0.15) is 5.10 Å². The molecule has 1 saturated heterocycles. The second kappa shape index (κ2) is 8.14. The van der Waals surface area contributed by atoms with Crippen LogP contribution in [0.3, 0.4) is 0 Å². The molecule has 1 amide bonds. The summed E-state index contributed by atoms with van der Waals surface area (Å²) in [6, 6.07) is 0.439. The third-order valence-electron chi connectivity index (χ3n) is 5.02. The van der Waals surface area contributed by atoms with E-state index in [4.69, 9.17) is 0 Å². The Morgan fingerprint density at radius 2 is 1.79 bits per heavy atom. The Morgan fingerprint density at radius 1 is 1.18 bits per heavy atom. The summed E-state index contributed by atoms with van der Waals surface area (Å²) >= 11 is 0. The molecule has 1 aliphatic heterocycles. The number of carbonyl (C=O) groups is 2. The van der Waals surface area contributed by atoms with E-state index in [9.17, 15) is 22.8 Å². The predicted molar refractivity (Wildman–Crippen MR) is 95.0 cm³/mol. The molecule has 1 unspecified atom stereocenters. The molecule has 150 valence electrons. The highest BCUT2D eigenvalue weighted by Gasteiger charge is 2.33. The summed E-state index contributed by atoms with van der Waals surface area (Å²) in [5.74, 6) is -4.94. The number of carbonyl (C=O) groups excluding carboxylic acids is 2. The number of hydrogen-bond acceptors (Lipinski definition) is 4. The summed E-state index contributed by atoms with van der Waals surface area (Å²) in [6.45, 7) is 0.580. The minimum Gasteiger partial charge on any atom is -0.341 e. The van der Waals surface area contributed by atoms with Crippen LogP contribution in [-0.2, 0) is 11.8 Å². The normalized spacial score (nSPS) is 16.2. The highest BCUT2D eigenvalue weighted by atomic mass is 19.1. The molecule has 9 heteroatoms. The lowest BCUT2D eigenvalue weighted by Crippen LogP contribution is -2.45. The molecule has 6 nitrogen and oxygen atoms in total. The van der Waals surface area contributed by atoms with Gasteiger partial charge in [-0.15, -0.1) is 0 Å². The van der Waals surface area contributed by atoms with Crippen molar-refractivity contribution in [3.8, 4) is 0 Å². The number of rotatable bonds is 5. The Labute approximate surface area is 160 Å². The van der Waals surface area contributed by atoms with Gasteiger partial charge >= 0.3 is 0 Å². The van der Waals surface area contributed by atoms with Crippen molar-refractivity contribution in [2.24, 2.45) is 13.0 Å². The molecule has 1 aromatic carbocycles. The Balaban J connectivity index is 1.67. The van der Waals surface area contributed by atoms with Gasteiger partial charge in [0.25, 0.3) is 0 Å². The van der Waals surface area contributed by atoms with Crippen LogP contribution in [0.2, 0.25) is 0 Å². The van der Waals surface area contributed by atoms with Crippen molar-refractivity contribution in [2.75, 3.05) is 20.1 Å². The van der Waals surface area contributed by atoms with Gasteiger partial charge in [-0.25, -0.2) is 13.2 Å². The number of amides is 1. The van der Waals surface area contributed by atoms with Gasteiger partial charge in [-0.3, -0.25) is 14.3 Å². The van der Waals surface area contributed by atoms with E-state index in [-0.39, 0.29) is 31.8 Å². The highest BCUT2D eigenvalue weighted by Crippen LogP contribution is 2.27. The van der Waals surface area contributed by atoms with Crippen LogP contribution in [0.1, 0.15) is 34.8 Å². The predicted octanol–water partition coefficient (Wildman–Crippen LogP) is 2.22. The zero-order chi connectivity index (χ0) is 20.4. The van der Waals surface area contributed by atoms with E-state index in [1.807, 2.05) is 0 Å². The van der Waals surface area contributed by atoms with Crippen LogP contribution in [0.15, 0.2) is 24.5 Å². The maximum atomic E-state index is 13.9. The molecule has 1 aromatic heterocycles. The Kier molecular flexibility index (Phi) is 5.83. The van der Waals surface area contributed by atoms with Crippen molar-refractivity contribution < 1.29 is 22.8 Å². The molecule has 0 radical (unpaired) electrons. The molecule has 1 N–H and O–H groups in total. The summed E-state index contributed by atoms with van der Waals surface area (Å²) in [5.41, 5.74) is 0.0123. The van der Waals surface area contributed by atoms with Gasteiger partial charge in [0, 0.05) is 49.9 Å². The number of likely N-dealkylation sites (N-methyl/N-ethyl adjacent to an activating group) is 1. The Morgan fingerprint density at radius 3 is 2.29 bits per heavy atom. The van der Waals surface area contributed by atoms with E-state index in [0.717, 1.165) is 5.56 Å². The zero-order valence-corrected chi connectivity index (χ0v) is 15.6. The van der Waals surface area contributed by atoms with Crippen LogP contribution in [-0.4, -0.2) is 46.5 Å². The number of benzene rings is 1. The molecule has 2 heterocycles. The van der Waals surface area contributed by atoms with E-state index < -0.39 is 40.8 Å². The fraction of sp³-hybridized carbons (Fsp3) is 0.421. The highest BCUT2D eigenvalue weighted by molar-refractivity contribution is 5.98. The van der Waals surface area contributed by atoms with Crippen molar-refractivity contribution in [3.63, 3.8) is 0 Å². The van der Waals surface area contributed by atoms with Gasteiger partial charge in [-0.05, 0) is 19.9 Å². The zero-order valence-electron chi connectivity index (χ0n) is 15.6. The maximum absolute atomic E-state index is 13.9. The SMILES string of the molecule is CNC(C(=O)N1CCC(C(=O)c2c(F)cc(F)cc2F)CC1)c1cnn(C)c1. The van der Waals surface area contributed by atoms with E-state index in [2.05, 4.69) is 10.4 Å². The van der Waals surface area contributed by atoms with Crippen molar-refractivity contribution in [1.29, 1.82) is 0 Å². The molecule has 3 rings (SSSR count). The average molecular weight is 394 g/mol. The van der Waals surface area contributed by atoms with Crippen molar-refractivity contribution in [2.45, 2.75) is 18.9 Å². The number of halogens is 3. The number of ketones is 1. The number of aryl methyl sites for hydroxylation is 1. The number of likely N-dealkylation sites (tertiary alicyclic amines) is 1. The van der Waals surface area contributed by atoms with Crippen molar-refractivity contribution in [3.05, 3.63) is 53.1 Å². The summed E-state index contributed by atoms with van der Waals surface area (Å²) in [7, 11) is 3.43. The van der Waals surface area contributed by atoms with Crippen LogP contribution in [0.5, 0.6) is 0 Å². The van der Waals surface area contributed by atoms with E-state index in [1.165, 1.54) is 0 Å². The third-order valence-corrected chi connectivity index (χ3v) is 5.02. The van der Waals surface area contributed by atoms with Crippen LogP contribution < -0.4 is 5.32 Å². The van der Waals surface area contributed by atoms with Crippen molar-refractivity contribution >= 4 is 11.7 Å². The first-order chi connectivity index (χ1) is 13.3. The van der Waals surface area contributed by atoms with E-state index in [0.29, 0.717) is 12.1 Å². The molecule has 1 aliphatic rings. The standard InChI is InChI=1S/C19H21F3N4O2/c1-23-17(12-9-24-25(2)10-12)19(28)26-5-3-11(4-6-26)18(27)16-14(21)7-13(20)8-15(16)22/h7-11,17,23H,3-6H2,1-2H3. The molecule has 0 aliphatic carbocycles. The number of aromatic nitrogens is 2. The van der Waals surface area contributed by atoms with Crippen LogP contribution in [0.25, 0.3) is 0 Å². The van der Waals surface area contributed by atoms with Crippen LogP contribution in [0.4, 0.5) is 13.2 Å². The first-order valence-corrected chi connectivity index (χ1v) is 8.95. The summed E-state index contributed by atoms with van der Waals surface area (Å²) in [4.78, 5) is 26.9. The fourth-order valence-electron chi connectivity index (χ4n) is 3.55. The molecule has 2 aromatic rings. The number of nitrogens with one attached hydrogen (secondary N) is 1. The first-order valence-electron chi connectivity index (χ1n) is 8.95. The smallest absolute Gasteiger partial charge is 0.244 e. The number of hydrogen-bond donors (Lipinski definition) is 1. The summed E-state index contributed by atoms with van der Waals surface area (Å²) in [5, 5.41) is 7.03. The molecule has 1 fully saturated rings. The van der Waals surface area contributed by atoms with Gasteiger partial charge in [0.05, 0.1) is 11.8 Å². The summed E-state index contributed by atoms with van der Waals surface area (Å²) in [6.07, 6.45) is 3.92. The Bertz CT molecular complexity index is 868. The summed E-state index contributed by atoms with van der Waals surface area (Å²) < 4.78 is 42.4. The van der Waals surface area contributed by atoms with Gasteiger partial charge in [0.15, 0.2) is 5.78 Å². The van der Waals surface area contributed by atoms with E-state index >= 15 is 0 Å². The largest absolute Gasteiger partial charge is 0.341 e. The molecule has 0 bridgehead atoms. The van der Waals surface area contributed by atoms with Gasteiger partial charge < -0.3 is 10.2 Å². The molecule has 0 spiro atoms. The van der Waals surface area contributed by atoms with Gasteiger partial charge in [0.2, 0.25) is 5.91 Å². The van der Waals surface area contributed by atoms with Crippen molar-refractivity contribution in [1.82, 2.24) is 20.0 Å². The second-order valence-electron chi connectivity index (χ2n) is 6.88. The molecular weight excluding hydrogens is 373 g/mol. The minimum atomic E-state index is -1.20. The number of Topliss-reactive ketones (excluding diaryl/α,β-unsaturated/α-hetero) is 1. The van der Waals surface area contributed by atoms with Crippen LogP contribution in [0, 0.1) is 23.4 Å². The topological polar surface area (TPSA) is 67.2 Å². The molecule has 28 heavy (non-hydrogen) atoms. The third kappa shape index (κ3) is 3.94. The first kappa shape index (κ1) is 20.1. The number of nitrogens with zero attached hydrogens (tertiary/aromatic N) is 3. The lowest BCUT2D eigenvalue weighted by molar-refractivity contribution is -0.134.